The highest BCUT2D eigenvalue weighted by atomic mass is 32.1. The van der Waals surface area contributed by atoms with Gasteiger partial charge in [-0.25, -0.2) is 4.37 Å². The Balaban J connectivity index is 1.77. The maximum Gasteiger partial charge on any atom is 0.0454 e. The zero-order chi connectivity index (χ0) is 9.54. The number of aromatic nitrogens is 1. The molecule has 3 rings (SSSR count). The quantitative estimate of drug-likeness (QED) is 0.825. The molecule has 2 saturated carbocycles. The van der Waals surface area contributed by atoms with Crippen LogP contribution in [-0.4, -0.2) is 11.4 Å². The van der Waals surface area contributed by atoms with Gasteiger partial charge in [-0.2, -0.15) is 0 Å². The number of rotatable bonds is 3. The zero-order valence-electron chi connectivity index (χ0n) is 8.44. The third-order valence-electron chi connectivity index (χ3n) is 3.98. The normalized spacial score (nSPS) is 36.8. The Morgan fingerprint density at radius 2 is 2.29 bits per heavy atom. The predicted molar refractivity (Wildman–Crippen MR) is 58.2 cm³/mol. The van der Waals surface area contributed by atoms with Gasteiger partial charge in [-0.1, -0.05) is 6.42 Å². The van der Waals surface area contributed by atoms with E-state index in [-0.39, 0.29) is 0 Å². The van der Waals surface area contributed by atoms with E-state index < -0.39 is 0 Å². The average Bonchev–Trinajstić information content (AvgIpc) is 2.67. The van der Waals surface area contributed by atoms with Crippen molar-refractivity contribution in [1.82, 2.24) is 9.69 Å². The molecule has 2 nitrogen and oxygen atoms in total. The Morgan fingerprint density at radius 3 is 2.86 bits per heavy atom. The fourth-order valence-corrected chi connectivity index (χ4v) is 3.89. The first-order valence-corrected chi connectivity index (χ1v) is 6.32. The molecule has 14 heavy (non-hydrogen) atoms. The molecule has 0 saturated heterocycles. The van der Waals surface area contributed by atoms with E-state index >= 15 is 0 Å². The van der Waals surface area contributed by atoms with Crippen LogP contribution in [0.2, 0.25) is 0 Å². The monoisotopic (exact) mass is 208 g/mol. The Hall–Kier alpha value is -0.410. The van der Waals surface area contributed by atoms with Crippen molar-refractivity contribution in [3.63, 3.8) is 0 Å². The molecule has 3 unspecified atom stereocenters. The highest BCUT2D eigenvalue weighted by Gasteiger charge is 2.55. The SMILES string of the molecule is CNC(c1cnsc1)C1C2CCCC21. The highest BCUT2D eigenvalue weighted by molar-refractivity contribution is 7.03. The van der Waals surface area contributed by atoms with Crippen LogP contribution in [0, 0.1) is 17.8 Å². The summed E-state index contributed by atoms with van der Waals surface area (Å²) in [6, 6.07) is 0.573. The van der Waals surface area contributed by atoms with Crippen LogP contribution < -0.4 is 5.32 Å². The van der Waals surface area contributed by atoms with Gasteiger partial charge in [-0.15, -0.1) is 0 Å². The lowest BCUT2D eigenvalue weighted by atomic mass is 10.00. The molecule has 1 heterocycles. The molecule has 0 aliphatic heterocycles. The summed E-state index contributed by atoms with van der Waals surface area (Å²) in [4.78, 5) is 0. The number of hydrogen-bond acceptors (Lipinski definition) is 3. The topological polar surface area (TPSA) is 24.9 Å². The predicted octanol–water partition coefficient (Wildman–Crippen LogP) is 2.45. The minimum Gasteiger partial charge on any atom is -0.313 e. The zero-order valence-corrected chi connectivity index (χ0v) is 9.26. The smallest absolute Gasteiger partial charge is 0.0454 e. The Kier molecular flexibility index (Phi) is 2.10. The van der Waals surface area contributed by atoms with E-state index in [2.05, 4.69) is 22.1 Å². The molecule has 76 valence electrons. The third kappa shape index (κ3) is 1.22. The first-order valence-electron chi connectivity index (χ1n) is 5.48. The standard InChI is InChI=1S/C11H16N2S/c1-12-11(7-5-13-14-6-7)10-8-3-2-4-9(8)10/h5-6,8-12H,2-4H2,1H3. The number of fused-ring (bicyclic) bond motifs is 1. The Morgan fingerprint density at radius 1 is 1.50 bits per heavy atom. The number of hydrogen-bond donors (Lipinski definition) is 1. The van der Waals surface area contributed by atoms with Crippen LogP contribution in [-0.2, 0) is 0 Å². The van der Waals surface area contributed by atoms with E-state index in [1.54, 1.807) is 11.5 Å². The first-order chi connectivity index (χ1) is 6.92. The summed E-state index contributed by atoms with van der Waals surface area (Å²) in [6.07, 6.45) is 6.42. The molecule has 3 atom stereocenters. The molecule has 2 fully saturated rings. The van der Waals surface area contributed by atoms with Crippen LogP contribution in [0.1, 0.15) is 30.9 Å². The molecule has 0 aromatic carbocycles. The van der Waals surface area contributed by atoms with Gasteiger partial charge in [0.2, 0.25) is 0 Å². The van der Waals surface area contributed by atoms with Crippen molar-refractivity contribution in [3.8, 4) is 0 Å². The van der Waals surface area contributed by atoms with E-state index in [9.17, 15) is 0 Å². The molecule has 2 aliphatic carbocycles. The van der Waals surface area contributed by atoms with Crippen molar-refractivity contribution >= 4 is 11.5 Å². The molecule has 0 radical (unpaired) electrons. The second-order valence-electron chi connectivity index (χ2n) is 4.56. The van der Waals surface area contributed by atoms with Crippen molar-refractivity contribution < 1.29 is 0 Å². The van der Waals surface area contributed by atoms with Crippen molar-refractivity contribution in [2.45, 2.75) is 25.3 Å². The van der Waals surface area contributed by atoms with Crippen LogP contribution in [0.15, 0.2) is 11.6 Å². The van der Waals surface area contributed by atoms with Gasteiger partial charge in [0.25, 0.3) is 0 Å². The number of nitrogens with zero attached hydrogens (tertiary/aromatic N) is 1. The van der Waals surface area contributed by atoms with E-state index in [0.29, 0.717) is 6.04 Å². The first kappa shape index (κ1) is 8.86. The minimum absolute atomic E-state index is 0.573. The minimum atomic E-state index is 0.573. The summed E-state index contributed by atoms with van der Waals surface area (Å²) >= 11 is 1.57. The van der Waals surface area contributed by atoms with Crippen molar-refractivity contribution in [3.05, 3.63) is 17.1 Å². The third-order valence-corrected chi connectivity index (χ3v) is 4.58. The van der Waals surface area contributed by atoms with E-state index in [1.165, 1.54) is 24.8 Å². The van der Waals surface area contributed by atoms with Gasteiger partial charge in [0.15, 0.2) is 0 Å². The molecule has 0 bridgehead atoms. The maximum atomic E-state index is 4.20. The largest absolute Gasteiger partial charge is 0.313 e. The van der Waals surface area contributed by atoms with Crippen LogP contribution in [0.4, 0.5) is 0 Å². The van der Waals surface area contributed by atoms with Crippen molar-refractivity contribution in [1.29, 1.82) is 0 Å². The molecular formula is C11H16N2S. The second kappa shape index (κ2) is 3.31. The maximum absolute atomic E-state index is 4.20. The summed E-state index contributed by atoms with van der Waals surface area (Å²) < 4.78 is 4.20. The molecule has 2 aliphatic rings. The summed E-state index contributed by atoms with van der Waals surface area (Å²) in [7, 11) is 2.08. The summed E-state index contributed by atoms with van der Waals surface area (Å²) in [5.41, 5.74) is 1.40. The Bertz CT molecular complexity index is 299. The van der Waals surface area contributed by atoms with Crippen molar-refractivity contribution in [2.24, 2.45) is 17.8 Å². The van der Waals surface area contributed by atoms with Gasteiger partial charge in [-0.05, 0) is 49.2 Å². The molecule has 3 heteroatoms. The molecule has 0 amide bonds. The molecule has 1 N–H and O–H groups in total. The fourth-order valence-electron chi connectivity index (χ4n) is 3.32. The summed E-state index contributed by atoms with van der Waals surface area (Å²) in [5.74, 6) is 2.95. The lowest BCUT2D eigenvalue weighted by molar-refractivity contribution is 0.445. The number of nitrogens with one attached hydrogen (secondary N) is 1. The lowest BCUT2D eigenvalue weighted by Crippen LogP contribution is -2.19. The highest BCUT2D eigenvalue weighted by Crippen LogP contribution is 2.62. The van der Waals surface area contributed by atoms with Crippen LogP contribution in [0.5, 0.6) is 0 Å². The van der Waals surface area contributed by atoms with Gasteiger partial charge in [0.1, 0.15) is 0 Å². The second-order valence-corrected chi connectivity index (χ2v) is 5.22. The van der Waals surface area contributed by atoms with Gasteiger partial charge >= 0.3 is 0 Å². The molecule has 0 spiro atoms. The fraction of sp³-hybridized carbons (Fsp3) is 0.727. The summed E-state index contributed by atoms with van der Waals surface area (Å²) in [5, 5.41) is 5.65. The van der Waals surface area contributed by atoms with Crippen LogP contribution in [0.3, 0.4) is 0 Å². The molecular weight excluding hydrogens is 192 g/mol. The molecule has 1 aromatic rings. The average molecular weight is 208 g/mol. The van der Waals surface area contributed by atoms with Crippen LogP contribution >= 0.6 is 11.5 Å². The van der Waals surface area contributed by atoms with E-state index in [0.717, 1.165) is 17.8 Å². The molecule has 1 aromatic heterocycles. The van der Waals surface area contributed by atoms with Crippen molar-refractivity contribution in [2.75, 3.05) is 7.05 Å². The van der Waals surface area contributed by atoms with Crippen LogP contribution in [0.25, 0.3) is 0 Å². The van der Waals surface area contributed by atoms with E-state index in [1.807, 2.05) is 6.20 Å². The Labute approximate surface area is 88.9 Å². The van der Waals surface area contributed by atoms with Gasteiger partial charge in [0, 0.05) is 23.2 Å². The van der Waals surface area contributed by atoms with Gasteiger partial charge in [-0.3, -0.25) is 0 Å². The lowest BCUT2D eigenvalue weighted by Gasteiger charge is -2.16. The van der Waals surface area contributed by atoms with Gasteiger partial charge < -0.3 is 5.32 Å². The van der Waals surface area contributed by atoms with Gasteiger partial charge in [0.05, 0.1) is 0 Å². The summed E-state index contributed by atoms with van der Waals surface area (Å²) in [6.45, 7) is 0. The van der Waals surface area contributed by atoms with E-state index in [4.69, 9.17) is 0 Å².